The largest absolute Gasteiger partial charge is 0.573 e. The molecule has 0 saturated heterocycles. The van der Waals surface area contributed by atoms with Gasteiger partial charge in [-0.3, -0.25) is 9.89 Å². The van der Waals surface area contributed by atoms with Gasteiger partial charge in [-0.05, 0) is 35.9 Å². The highest BCUT2D eigenvalue weighted by atomic mass is 19.4. The Morgan fingerprint density at radius 1 is 1.21 bits per heavy atom. The van der Waals surface area contributed by atoms with Crippen molar-refractivity contribution in [2.75, 3.05) is 0 Å². The predicted octanol–water partition coefficient (Wildman–Crippen LogP) is 4.52. The van der Waals surface area contributed by atoms with E-state index in [0.29, 0.717) is 16.9 Å². The van der Waals surface area contributed by atoms with E-state index in [1.54, 1.807) is 30.6 Å². The molecule has 29 heavy (non-hydrogen) atoms. The van der Waals surface area contributed by atoms with Crippen LogP contribution in [0.2, 0.25) is 0 Å². The number of benzene rings is 1. The normalized spacial score (nSPS) is 11.6. The van der Waals surface area contributed by atoms with Crippen LogP contribution < -0.4 is 10.1 Å². The maximum atomic E-state index is 12.4. The number of carbonyl (C=O) groups is 1. The monoisotopic (exact) mass is 407 g/mol. The number of halogens is 3. The zero-order valence-electron chi connectivity index (χ0n) is 14.7. The molecule has 3 N–H and O–H groups in total. The maximum absolute atomic E-state index is 12.4. The second kappa shape index (κ2) is 7.30. The minimum absolute atomic E-state index is 0. The summed E-state index contributed by atoms with van der Waals surface area (Å²) in [6, 6.07) is 10.7. The first kappa shape index (κ1) is 18.5. The zero-order valence-corrected chi connectivity index (χ0v) is 14.7. The Balaban J connectivity index is 0.00000171. The van der Waals surface area contributed by atoms with Crippen LogP contribution in [0.15, 0.2) is 54.9 Å². The van der Waals surface area contributed by atoms with Gasteiger partial charge in [0.05, 0.1) is 5.69 Å². The van der Waals surface area contributed by atoms with Gasteiger partial charge in [0.15, 0.2) is 5.65 Å². The van der Waals surface area contributed by atoms with E-state index in [9.17, 15) is 18.0 Å². The molecule has 3 heterocycles. The van der Waals surface area contributed by atoms with E-state index in [0.717, 1.165) is 16.6 Å². The minimum atomic E-state index is -4.77. The number of aromatic nitrogens is 4. The lowest BCUT2D eigenvalue weighted by atomic mass is 10.1. The Labute approximate surface area is 166 Å². The molecule has 0 fully saturated rings. The Morgan fingerprint density at radius 3 is 2.90 bits per heavy atom. The van der Waals surface area contributed by atoms with Crippen molar-refractivity contribution in [2.24, 2.45) is 0 Å². The molecule has 4 rings (SSSR count). The van der Waals surface area contributed by atoms with Gasteiger partial charge in [-0.25, -0.2) is 4.98 Å². The van der Waals surface area contributed by atoms with Gasteiger partial charge in [-0.1, -0.05) is 12.1 Å². The third kappa shape index (κ3) is 4.21. The van der Waals surface area contributed by atoms with E-state index in [1.807, 2.05) is 6.07 Å². The Hall–Kier alpha value is -3.82. The molecular weight excluding hydrogens is 387 g/mol. The first-order valence-electron chi connectivity index (χ1n) is 8.50. The lowest BCUT2D eigenvalue weighted by Gasteiger charge is -2.10. The second-order valence-electron chi connectivity index (χ2n) is 6.15. The molecule has 10 heteroatoms. The van der Waals surface area contributed by atoms with Gasteiger partial charge in [-0.2, -0.15) is 5.10 Å². The highest BCUT2D eigenvalue weighted by molar-refractivity contribution is 5.96. The molecule has 3 aromatic heterocycles. The van der Waals surface area contributed by atoms with E-state index in [2.05, 4.69) is 30.2 Å². The van der Waals surface area contributed by atoms with E-state index < -0.39 is 12.3 Å². The lowest BCUT2D eigenvalue weighted by molar-refractivity contribution is -0.274. The van der Waals surface area contributed by atoms with Crippen molar-refractivity contribution in [3.63, 3.8) is 0 Å². The Morgan fingerprint density at radius 2 is 2.07 bits per heavy atom. The fourth-order valence-electron chi connectivity index (χ4n) is 2.87. The van der Waals surface area contributed by atoms with Crippen molar-refractivity contribution in [2.45, 2.75) is 12.9 Å². The molecule has 0 unspecified atom stereocenters. The number of carbonyl (C=O) groups excluding carboxylic acids is 1. The quantitative estimate of drug-likeness (QED) is 0.453. The van der Waals surface area contributed by atoms with Gasteiger partial charge < -0.3 is 15.0 Å². The van der Waals surface area contributed by atoms with Gasteiger partial charge in [0, 0.05) is 34.2 Å². The van der Waals surface area contributed by atoms with Crippen LogP contribution >= 0.6 is 0 Å². The summed E-state index contributed by atoms with van der Waals surface area (Å²) in [7, 11) is 0. The number of nitrogens with zero attached hydrogens (tertiary/aromatic N) is 2. The van der Waals surface area contributed by atoms with Gasteiger partial charge in [0.2, 0.25) is 0 Å². The number of fused-ring (bicyclic) bond motifs is 1. The summed E-state index contributed by atoms with van der Waals surface area (Å²) in [6.07, 6.45) is -1.47. The van der Waals surface area contributed by atoms with Crippen LogP contribution in [0.25, 0.3) is 22.3 Å². The number of amides is 1. The number of pyridine rings is 1. The molecule has 0 atom stereocenters. The van der Waals surface area contributed by atoms with Crippen LogP contribution in [0.3, 0.4) is 0 Å². The highest BCUT2D eigenvalue weighted by Crippen LogP contribution is 2.26. The average Bonchev–Trinajstić information content (AvgIpc) is 3.32. The summed E-state index contributed by atoms with van der Waals surface area (Å²) in [6.45, 7) is 0.0408. The average molecular weight is 407 g/mol. The van der Waals surface area contributed by atoms with E-state index in [-0.39, 0.29) is 16.6 Å². The van der Waals surface area contributed by atoms with E-state index in [4.69, 9.17) is 0 Å². The topological polar surface area (TPSA) is 95.7 Å². The van der Waals surface area contributed by atoms with Crippen LogP contribution in [0, 0.1) is 0 Å². The number of nitrogens with one attached hydrogen (secondary N) is 3. The standard InChI is InChI=1S/C19H14F3N5O2.3H2/c20-19(21,22)29-13-4-1-3-11(7-13)9-25-18(28)15-8-12(10-24-15)16-14-5-2-6-23-17(14)27-26-16;;;/h1-8,10,24H,9H2,(H,25,28)(H,23,26,27);3*1H. The Bertz CT molecular complexity index is 1180. The van der Waals surface area contributed by atoms with Crippen molar-refractivity contribution in [3.05, 3.63) is 66.1 Å². The van der Waals surface area contributed by atoms with Crippen LogP contribution in [0.4, 0.5) is 13.2 Å². The number of H-pyrrole nitrogens is 2. The van der Waals surface area contributed by atoms with Crippen LogP contribution in [0.1, 0.15) is 20.3 Å². The molecule has 0 aliphatic carbocycles. The molecule has 4 aromatic rings. The molecule has 0 aliphatic rings. The molecule has 7 nitrogen and oxygen atoms in total. The predicted molar refractivity (Wildman–Crippen MR) is 104 cm³/mol. The van der Waals surface area contributed by atoms with Gasteiger partial charge in [0.25, 0.3) is 5.91 Å². The molecule has 154 valence electrons. The number of rotatable bonds is 5. The zero-order chi connectivity index (χ0) is 20.4. The highest BCUT2D eigenvalue weighted by Gasteiger charge is 2.31. The summed E-state index contributed by atoms with van der Waals surface area (Å²) < 4.78 is 40.8. The van der Waals surface area contributed by atoms with Crippen molar-refractivity contribution >= 4 is 16.9 Å². The van der Waals surface area contributed by atoms with Crippen LogP contribution in [-0.2, 0) is 6.54 Å². The number of hydrogen-bond acceptors (Lipinski definition) is 4. The number of ether oxygens (including phenoxy) is 1. The molecule has 0 radical (unpaired) electrons. The summed E-state index contributed by atoms with van der Waals surface area (Å²) in [5, 5.41) is 10.5. The van der Waals surface area contributed by atoms with Gasteiger partial charge in [0.1, 0.15) is 11.4 Å². The molecule has 1 aromatic carbocycles. The fourth-order valence-corrected chi connectivity index (χ4v) is 2.87. The third-order valence-corrected chi connectivity index (χ3v) is 4.13. The van der Waals surface area contributed by atoms with Crippen molar-refractivity contribution < 1.29 is 27.0 Å². The summed E-state index contributed by atoms with van der Waals surface area (Å²) in [4.78, 5) is 19.4. The van der Waals surface area contributed by atoms with E-state index >= 15 is 0 Å². The second-order valence-corrected chi connectivity index (χ2v) is 6.15. The molecule has 1 amide bonds. The van der Waals surface area contributed by atoms with Crippen molar-refractivity contribution in [1.82, 2.24) is 25.5 Å². The number of aromatic amines is 2. The maximum Gasteiger partial charge on any atom is 0.573 e. The smallest absolute Gasteiger partial charge is 0.406 e. The molecular formula is C19H20F3N5O2. The van der Waals surface area contributed by atoms with Crippen LogP contribution in [-0.4, -0.2) is 32.4 Å². The lowest BCUT2D eigenvalue weighted by Crippen LogP contribution is -2.23. The molecule has 0 saturated carbocycles. The first-order chi connectivity index (χ1) is 13.9. The minimum Gasteiger partial charge on any atom is -0.406 e. The van der Waals surface area contributed by atoms with Crippen molar-refractivity contribution in [3.8, 4) is 17.0 Å². The summed E-state index contributed by atoms with van der Waals surface area (Å²) >= 11 is 0. The number of hydrogen-bond donors (Lipinski definition) is 3. The van der Waals surface area contributed by atoms with E-state index in [1.165, 1.54) is 18.2 Å². The fraction of sp³-hybridized carbons (Fsp3) is 0.105. The number of alkyl halides is 3. The molecule has 0 aliphatic heterocycles. The first-order valence-corrected chi connectivity index (χ1v) is 8.50. The third-order valence-electron chi connectivity index (χ3n) is 4.13. The van der Waals surface area contributed by atoms with Gasteiger partial charge >= 0.3 is 6.36 Å². The van der Waals surface area contributed by atoms with Crippen molar-refractivity contribution in [1.29, 1.82) is 0 Å². The van der Waals surface area contributed by atoms with Crippen LogP contribution in [0.5, 0.6) is 5.75 Å². The van der Waals surface area contributed by atoms with Gasteiger partial charge in [-0.15, -0.1) is 13.2 Å². The Kier molecular flexibility index (Phi) is 4.67. The molecule has 0 spiro atoms. The summed E-state index contributed by atoms with van der Waals surface area (Å²) in [5.74, 6) is -0.744. The summed E-state index contributed by atoms with van der Waals surface area (Å²) in [5.41, 5.74) is 2.79. The SMILES string of the molecule is O=C(NCc1cccc(OC(F)(F)F)c1)c1cc(-c2[nH]nc3ncccc23)c[nH]1.[HH].[HH].[HH]. The molecule has 0 bridgehead atoms.